The van der Waals surface area contributed by atoms with Crippen LogP contribution in [0.4, 0.5) is 5.69 Å². The van der Waals surface area contributed by atoms with Gasteiger partial charge in [0.25, 0.3) is 0 Å². The Morgan fingerprint density at radius 1 is 1.00 bits per heavy atom. The summed E-state index contributed by atoms with van der Waals surface area (Å²) in [5.74, 6) is 0.798. The van der Waals surface area contributed by atoms with Crippen molar-refractivity contribution in [2.24, 2.45) is 0 Å². The fraction of sp³-hybridized carbons (Fsp3) is 0.409. The van der Waals surface area contributed by atoms with Gasteiger partial charge in [0.2, 0.25) is 0 Å². The Balaban J connectivity index is 0.00000210. The van der Waals surface area contributed by atoms with Crippen molar-refractivity contribution in [3.8, 4) is 5.75 Å². The number of anilines is 1. The van der Waals surface area contributed by atoms with E-state index in [1.165, 1.54) is 5.69 Å². The SMILES string of the molecule is CCC(=O)c1ccc(OCC(O)CN2CCN(c3ccccc3)CC2)cc1.Cl.Cl. The summed E-state index contributed by atoms with van der Waals surface area (Å²) in [4.78, 5) is 16.3. The van der Waals surface area contributed by atoms with Gasteiger partial charge >= 0.3 is 0 Å². The number of halogens is 2. The number of hydrogen-bond acceptors (Lipinski definition) is 5. The number of ketones is 1. The lowest BCUT2D eigenvalue weighted by Crippen LogP contribution is -2.49. The first-order valence-corrected chi connectivity index (χ1v) is 9.62. The molecule has 1 atom stereocenters. The Morgan fingerprint density at radius 2 is 1.62 bits per heavy atom. The Labute approximate surface area is 185 Å². The highest BCUT2D eigenvalue weighted by atomic mass is 35.5. The minimum atomic E-state index is -0.537. The molecular formula is C22H30Cl2N2O3. The second-order valence-corrected chi connectivity index (χ2v) is 6.89. The molecule has 7 heteroatoms. The molecule has 1 N–H and O–H groups in total. The van der Waals surface area contributed by atoms with Crippen LogP contribution in [0.3, 0.4) is 0 Å². The number of rotatable bonds is 8. The average molecular weight is 441 g/mol. The summed E-state index contributed by atoms with van der Waals surface area (Å²) in [5, 5.41) is 10.3. The van der Waals surface area contributed by atoms with Gasteiger partial charge in [-0.05, 0) is 36.4 Å². The van der Waals surface area contributed by atoms with E-state index >= 15 is 0 Å². The molecule has 0 aliphatic carbocycles. The van der Waals surface area contributed by atoms with Crippen molar-refractivity contribution in [3.63, 3.8) is 0 Å². The van der Waals surface area contributed by atoms with Crippen molar-refractivity contribution in [2.75, 3.05) is 44.2 Å². The minimum Gasteiger partial charge on any atom is -0.491 e. The zero-order valence-electron chi connectivity index (χ0n) is 16.7. The standard InChI is InChI=1S/C22H28N2O3.2ClH/c1-2-22(26)18-8-10-21(11-9-18)27-17-20(25)16-23-12-14-24(15-13-23)19-6-4-3-5-7-19;;/h3-11,20,25H,2,12-17H2,1H3;2*1H. The first-order chi connectivity index (χ1) is 13.2. The van der Waals surface area contributed by atoms with Crippen LogP contribution in [0.2, 0.25) is 0 Å². The molecule has 2 aromatic rings. The zero-order chi connectivity index (χ0) is 19.1. The predicted molar refractivity (Wildman–Crippen MR) is 122 cm³/mol. The molecule has 0 saturated carbocycles. The molecule has 0 radical (unpaired) electrons. The lowest BCUT2D eigenvalue weighted by molar-refractivity contribution is 0.0663. The molecule has 1 saturated heterocycles. The Kier molecular flexibility index (Phi) is 11.1. The lowest BCUT2D eigenvalue weighted by Gasteiger charge is -2.36. The molecule has 2 aromatic carbocycles. The van der Waals surface area contributed by atoms with Crippen LogP contribution in [-0.2, 0) is 0 Å². The second kappa shape index (κ2) is 12.7. The van der Waals surface area contributed by atoms with Gasteiger partial charge in [0.1, 0.15) is 18.5 Å². The summed E-state index contributed by atoms with van der Waals surface area (Å²) < 4.78 is 5.67. The number of aliphatic hydroxyl groups is 1. The van der Waals surface area contributed by atoms with Gasteiger partial charge in [0.15, 0.2) is 5.78 Å². The van der Waals surface area contributed by atoms with E-state index in [4.69, 9.17) is 4.74 Å². The molecule has 0 aromatic heterocycles. The summed E-state index contributed by atoms with van der Waals surface area (Å²) in [6.07, 6.45) is -0.0403. The fourth-order valence-electron chi connectivity index (χ4n) is 3.31. The van der Waals surface area contributed by atoms with E-state index in [1.807, 2.05) is 13.0 Å². The molecule has 160 valence electrons. The number of hydrogen-bond donors (Lipinski definition) is 1. The largest absolute Gasteiger partial charge is 0.491 e. The molecule has 1 fully saturated rings. The van der Waals surface area contributed by atoms with Gasteiger partial charge in [0.05, 0.1) is 0 Å². The number of para-hydroxylation sites is 1. The van der Waals surface area contributed by atoms with Gasteiger partial charge in [-0.2, -0.15) is 0 Å². The maximum atomic E-state index is 11.6. The summed E-state index contributed by atoms with van der Waals surface area (Å²) in [6, 6.07) is 17.6. The number of carbonyl (C=O) groups is 1. The van der Waals surface area contributed by atoms with Gasteiger partial charge in [0, 0.05) is 50.4 Å². The normalized spacial score (nSPS) is 15.0. The van der Waals surface area contributed by atoms with E-state index in [2.05, 4.69) is 34.1 Å². The fourth-order valence-corrected chi connectivity index (χ4v) is 3.31. The third-order valence-corrected chi connectivity index (χ3v) is 4.90. The molecule has 1 aliphatic rings. The van der Waals surface area contributed by atoms with E-state index < -0.39 is 6.10 Å². The van der Waals surface area contributed by atoms with Crippen molar-refractivity contribution in [1.29, 1.82) is 0 Å². The van der Waals surface area contributed by atoms with Crippen LogP contribution in [0.25, 0.3) is 0 Å². The zero-order valence-corrected chi connectivity index (χ0v) is 18.3. The van der Waals surface area contributed by atoms with Crippen LogP contribution in [0.15, 0.2) is 54.6 Å². The third-order valence-electron chi connectivity index (χ3n) is 4.90. The number of carbonyl (C=O) groups excluding carboxylic acids is 1. The number of Topliss-reactive ketones (excluding diaryl/α,β-unsaturated/α-hetero) is 1. The molecule has 5 nitrogen and oxygen atoms in total. The number of nitrogens with zero attached hydrogens (tertiary/aromatic N) is 2. The Bertz CT molecular complexity index is 721. The third kappa shape index (κ3) is 7.52. The first kappa shape index (κ1) is 25.2. The molecule has 1 unspecified atom stereocenters. The molecule has 1 heterocycles. The van der Waals surface area contributed by atoms with Crippen molar-refractivity contribution in [3.05, 3.63) is 60.2 Å². The number of aliphatic hydroxyl groups excluding tert-OH is 1. The van der Waals surface area contributed by atoms with Crippen molar-refractivity contribution >= 4 is 36.3 Å². The van der Waals surface area contributed by atoms with Crippen molar-refractivity contribution in [1.82, 2.24) is 4.90 Å². The highest BCUT2D eigenvalue weighted by Crippen LogP contribution is 2.16. The van der Waals surface area contributed by atoms with Crippen LogP contribution in [0.5, 0.6) is 5.75 Å². The number of piperazine rings is 1. The highest BCUT2D eigenvalue weighted by Gasteiger charge is 2.19. The van der Waals surface area contributed by atoms with E-state index in [-0.39, 0.29) is 37.2 Å². The molecule has 0 bridgehead atoms. The summed E-state index contributed by atoms with van der Waals surface area (Å²) in [6.45, 7) is 6.49. The van der Waals surface area contributed by atoms with Gasteiger partial charge in [-0.15, -0.1) is 24.8 Å². The monoisotopic (exact) mass is 440 g/mol. The van der Waals surface area contributed by atoms with Crippen LogP contribution in [-0.4, -0.2) is 61.2 Å². The molecule has 0 amide bonds. The first-order valence-electron chi connectivity index (χ1n) is 9.62. The highest BCUT2D eigenvalue weighted by molar-refractivity contribution is 5.95. The van der Waals surface area contributed by atoms with Gasteiger partial charge in [-0.25, -0.2) is 0 Å². The number of β-amino-alcohol motifs (C(OH)–C–C–N with tert-alkyl or cyclic N) is 1. The lowest BCUT2D eigenvalue weighted by atomic mass is 10.1. The summed E-state index contributed by atoms with van der Waals surface area (Å²) in [7, 11) is 0. The van der Waals surface area contributed by atoms with Gasteiger partial charge in [-0.1, -0.05) is 25.1 Å². The van der Waals surface area contributed by atoms with Crippen LogP contribution < -0.4 is 9.64 Å². The summed E-state index contributed by atoms with van der Waals surface area (Å²) in [5.41, 5.74) is 1.95. The Morgan fingerprint density at radius 3 is 2.21 bits per heavy atom. The van der Waals surface area contributed by atoms with Crippen LogP contribution >= 0.6 is 24.8 Å². The van der Waals surface area contributed by atoms with Crippen LogP contribution in [0, 0.1) is 0 Å². The molecule has 3 rings (SSSR count). The quantitative estimate of drug-likeness (QED) is 0.634. The van der Waals surface area contributed by atoms with E-state index in [1.54, 1.807) is 24.3 Å². The van der Waals surface area contributed by atoms with Crippen molar-refractivity contribution in [2.45, 2.75) is 19.4 Å². The number of benzene rings is 2. The maximum absolute atomic E-state index is 11.6. The average Bonchev–Trinajstić information content (AvgIpc) is 2.73. The van der Waals surface area contributed by atoms with E-state index in [0.717, 1.165) is 26.2 Å². The second-order valence-electron chi connectivity index (χ2n) is 6.89. The minimum absolute atomic E-state index is 0. The Hall–Kier alpha value is -1.79. The molecule has 1 aliphatic heterocycles. The molecular weight excluding hydrogens is 411 g/mol. The molecule has 0 spiro atoms. The van der Waals surface area contributed by atoms with Gasteiger partial charge in [-0.3, -0.25) is 9.69 Å². The van der Waals surface area contributed by atoms with Crippen LogP contribution in [0.1, 0.15) is 23.7 Å². The summed E-state index contributed by atoms with van der Waals surface area (Å²) >= 11 is 0. The molecule has 29 heavy (non-hydrogen) atoms. The van der Waals surface area contributed by atoms with E-state index in [0.29, 0.717) is 24.3 Å². The smallest absolute Gasteiger partial charge is 0.162 e. The maximum Gasteiger partial charge on any atom is 0.162 e. The van der Waals surface area contributed by atoms with Crippen molar-refractivity contribution < 1.29 is 14.6 Å². The van der Waals surface area contributed by atoms with E-state index in [9.17, 15) is 9.90 Å². The number of ether oxygens (including phenoxy) is 1. The predicted octanol–water partition coefficient (Wildman–Crippen LogP) is 3.68. The van der Waals surface area contributed by atoms with Gasteiger partial charge < -0.3 is 14.7 Å². The topological polar surface area (TPSA) is 53.0 Å².